The summed E-state index contributed by atoms with van der Waals surface area (Å²) in [5, 5.41) is 0. The van der Waals surface area contributed by atoms with Gasteiger partial charge in [-0.25, -0.2) is 0 Å². The summed E-state index contributed by atoms with van der Waals surface area (Å²) >= 11 is 0. The number of rotatable bonds is 1. The molecule has 0 saturated carbocycles. The molecular weight excluding hydrogens is 138 g/mol. The van der Waals surface area contributed by atoms with E-state index in [0.717, 1.165) is 5.69 Å². The van der Waals surface area contributed by atoms with Crippen molar-refractivity contribution in [3.8, 4) is 0 Å². The van der Waals surface area contributed by atoms with Gasteiger partial charge in [-0.1, -0.05) is 12.1 Å². The van der Waals surface area contributed by atoms with E-state index >= 15 is 0 Å². The van der Waals surface area contributed by atoms with Crippen molar-refractivity contribution in [2.24, 2.45) is 0 Å². The summed E-state index contributed by atoms with van der Waals surface area (Å²) in [5.74, 6) is 0. The van der Waals surface area contributed by atoms with Crippen LogP contribution in [0.1, 0.15) is 0 Å². The van der Waals surface area contributed by atoms with Crippen LogP contribution >= 0.6 is 0 Å². The Hall–Kier alpha value is -1.31. The molecule has 0 heterocycles. The molecule has 0 saturated heterocycles. The average Bonchev–Trinajstić information content (AvgIpc) is 2.13. The molecular formula is C9H11NO. The van der Waals surface area contributed by atoms with Crippen LogP contribution in [0.25, 0.3) is 0 Å². The van der Waals surface area contributed by atoms with Crippen LogP contribution in [0.3, 0.4) is 0 Å². The van der Waals surface area contributed by atoms with Crippen molar-refractivity contribution in [3.05, 3.63) is 40.6 Å². The van der Waals surface area contributed by atoms with Crippen LogP contribution in [-0.2, 0) is 0 Å². The maximum absolute atomic E-state index is 11.0. The second-order valence-corrected chi connectivity index (χ2v) is 2.58. The van der Waals surface area contributed by atoms with E-state index in [0.29, 0.717) is 0 Å². The van der Waals surface area contributed by atoms with Crippen LogP contribution in [0.5, 0.6) is 0 Å². The van der Waals surface area contributed by atoms with Crippen molar-refractivity contribution in [1.82, 2.24) is 0 Å². The molecule has 0 aliphatic rings. The molecule has 0 aliphatic heterocycles. The van der Waals surface area contributed by atoms with E-state index in [9.17, 15) is 4.79 Å². The topological polar surface area (TPSA) is 20.3 Å². The lowest BCUT2D eigenvalue weighted by Crippen LogP contribution is -2.09. The average molecular weight is 149 g/mol. The fraction of sp³-hybridized carbons (Fsp3) is 0.222. The van der Waals surface area contributed by atoms with E-state index in [-0.39, 0.29) is 5.43 Å². The van der Waals surface area contributed by atoms with Crippen molar-refractivity contribution >= 4 is 5.69 Å². The maximum Gasteiger partial charge on any atom is 0.180 e. The quantitative estimate of drug-likeness (QED) is 0.596. The third-order valence-electron chi connectivity index (χ3n) is 1.45. The first kappa shape index (κ1) is 7.79. The second kappa shape index (κ2) is 3.19. The van der Waals surface area contributed by atoms with E-state index in [1.807, 2.05) is 31.1 Å². The van der Waals surface area contributed by atoms with Crippen LogP contribution < -0.4 is 10.3 Å². The Balaban J connectivity index is 3.22. The molecule has 0 N–H and O–H groups in total. The fourth-order valence-corrected chi connectivity index (χ4v) is 0.825. The summed E-state index contributed by atoms with van der Waals surface area (Å²) in [7, 11) is 3.82. The maximum atomic E-state index is 11.0. The van der Waals surface area contributed by atoms with Crippen LogP contribution in [0.2, 0.25) is 0 Å². The zero-order chi connectivity index (χ0) is 8.27. The Morgan fingerprint density at radius 2 is 1.82 bits per heavy atom. The highest BCUT2D eigenvalue weighted by atomic mass is 16.1. The van der Waals surface area contributed by atoms with Crippen molar-refractivity contribution in [3.63, 3.8) is 0 Å². The van der Waals surface area contributed by atoms with Gasteiger partial charge in [-0.3, -0.25) is 4.79 Å². The third kappa shape index (κ3) is 2.08. The Morgan fingerprint density at radius 1 is 1.18 bits per heavy atom. The summed E-state index contributed by atoms with van der Waals surface area (Å²) in [4.78, 5) is 12.9. The van der Waals surface area contributed by atoms with Crippen LogP contribution in [-0.4, -0.2) is 14.1 Å². The minimum Gasteiger partial charge on any atom is -0.378 e. The molecule has 2 heteroatoms. The van der Waals surface area contributed by atoms with Gasteiger partial charge < -0.3 is 4.90 Å². The summed E-state index contributed by atoms with van der Waals surface area (Å²) < 4.78 is 0. The molecule has 0 atom stereocenters. The summed E-state index contributed by atoms with van der Waals surface area (Å²) in [6.07, 6.45) is 0. The van der Waals surface area contributed by atoms with Gasteiger partial charge in [0.2, 0.25) is 0 Å². The molecule has 58 valence electrons. The van der Waals surface area contributed by atoms with Gasteiger partial charge in [0, 0.05) is 25.8 Å². The zero-order valence-corrected chi connectivity index (χ0v) is 6.74. The lowest BCUT2D eigenvalue weighted by atomic mass is 10.4. The predicted molar refractivity (Wildman–Crippen MR) is 47.0 cm³/mol. The van der Waals surface area contributed by atoms with Crippen molar-refractivity contribution in [2.75, 3.05) is 19.0 Å². The van der Waals surface area contributed by atoms with Gasteiger partial charge in [0.15, 0.2) is 5.43 Å². The molecule has 2 nitrogen and oxygen atoms in total. The lowest BCUT2D eigenvalue weighted by molar-refractivity contribution is 1.13. The molecule has 1 aromatic rings. The largest absolute Gasteiger partial charge is 0.378 e. The number of anilines is 1. The summed E-state index contributed by atoms with van der Waals surface area (Å²) in [6, 6.07) is 8.67. The van der Waals surface area contributed by atoms with Crippen molar-refractivity contribution in [1.29, 1.82) is 0 Å². The Labute approximate surface area is 66.1 Å². The summed E-state index contributed by atoms with van der Waals surface area (Å²) in [6.45, 7) is 0. The van der Waals surface area contributed by atoms with Gasteiger partial charge in [-0.15, -0.1) is 0 Å². The highest BCUT2D eigenvalue weighted by Crippen LogP contribution is 2.03. The first-order valence-electron chi connectivity index (χ1n) is 3.48. The van der Waals surface area contributed by atoms with Crippen LogP contribution in [0.15, 0.2) is 35.1 Å². The second-order valence-electron chi connectivity index (χ2n) is 2.58. The zero-order valence-electron chi connectivity index (χ0n) is 6.74. The fourth-order valence-electron chi connectivity index (χ4n) is 0.825. The van der Waals surface area contributed by atoms with Gasteiger partial charge in [-0.05, 0) is 12.1 Å². The highest BCUT2D eigenvalue weighted by Gasteiger charge is 1.90. The number of hydrogen-bond donors (Lipinski definition) is 0. The molecule has 1 aromatic carbocycles. The lowest BCUT2D eigenvalue weighted by Gasteiger charge is -2.08. The van der Waals surface area contributed by atoms with Gasteiger partial charge >= 0.3 is 0 Å². The van der Waals surface area contributed by atoms with E-state index in [1.165, 1.54) is 0 Å². The molecule has 0 amide bonds. The van der Waals surface area contributed by atoms with E-state index in [1.54, 1.807) is 18.2 Å². The normalized spacial score (nSPS) is 9.27. The van der Waals surface area contributed by atoms with Crippen LogP contribution in [0.4, 0.5) is 5.69 Å². The van der Waals surface area contributed by atoms with Crippen molar-refractivity contribution in [2.45, 2.75) is 0 Å². The minimum absolute atomic E-state index is 0.0405. The third-order valence-corrected chi connectivity index (χ3v) is 1.45. The molecule has 0 fully saturated rings. The molecule has 0 aliphatic carbocycles. The SMILES string of the molecule is CN(C)c1ccccc(=O)c1. The summed E-state index contributed by atoms with van der Waals surface area (Å²) in [5.41, 5.74) is 0.971. The Kier molecular flexibility index (Phi) is 2.26. The predicted octanol–water partition coefficient (Wildman–Crippen LogP) is 1.11. The molecule has 11 heavy (non-hydrogen) atoms. The molecule has 0 spiro atoms. The van der Waals surface area contributed by atoms with Gasteiger partial charge in [0.25, 0.3) is 0 Å². The molecule has 0 unspecified atom stereocenters. The van der Waals surface area contributed by atoms with Crippen LogP contribution in [0, 0.1) is 0 Å². The first-order valence-corrected chi connectivity index (χ1v) is 3.48. The molecule has 0 bridgehead atoms. The molecule has 1 rings (SSSR count). The minimum atomic E-state index is 0.0405. The Bertz CT molecular complexity index is 294. The van der Waals surface area contributed by atoms with E-state index < -0.39 is 0 Å². The van der Waals surface area contributed by atoms with Gasteiger partial charge in [0.1, 0.15) is 0 Å². The number of hydrogen-bond acceptors (Lipinski definition) is 2. The van der Waals surface area contributed by atoms with Gasteiger partial charge in [-0.2, -0.15) is 0 Å². The Morgan fingerprint density at radius 3 is 2.45 bits per heavy atom. The van der Waals surface area contributed by atoms with Gasteiger partial charge in [0.05, 0.1) is 0 Å². The van der Waals surface area contributed by atoms with Crippen molar-refractivity contribution < 1.29 is 0 Å². The number of nitrogens with zero attached hydrogens (tertiary/aromatic N) is 1. The standard InChI is InChI=1S/C9H11NO/c1-10(2)8-5-3-4-6-9(11)7-8/h3-7H,1-2H3. The molecule has 0 aromatic heterocycles. The van der Waals surface area contributed by atoms with E-state index in [2.05, 4.69) is 0 Å². The smallest absolute Gasteiger partial charge is 0.180 e. The highest BCUT2D eigenvalue weighted by molar-refractivity contribution is 5.43. The monoisotopic (exact) mass is 149 g/mol. The molecule has 0 radical (unpaired) electrons. The first-order chi connectivity index (χ1) is 5.20. The van der Waals surface area contributed by atoms with E-state index in [4.69, 9.17) is 0 Å².